The molecule has 0 atom stereocenters. The molecule has 1 heterocycles. The number of rotatable bonds is 3. The molecule has 1 saturated carbocycles. The Morgan fingerprint density at radius 3 is 2.74 bits per heavy atom. The van der Waals surface area contributed by atoms with Crippen molar-refractivity contribution in [2.24, 2.45) is 5.41 Å². The molecule has 2 aromatic rings. The van der Waals surface area contributed by atoms with Crippen molar-refractivity contribution < 1.29 is 0 Å². The fourth-order valence-electron chi connectivity index (χ4n) is 3.02. The highest BCUT2D eigenvalue weighted by Crippen LogP contribution is 2.36. The van der Waals surface area contributed by atoms with E-state index in [0.29, 0.717) is 5.41 Å². The zero-order valence-electron chi connectivity index (χ0n) is 11.5. The van der Waals surface area contributed by atoms with Crippen LogP contribution in [0.2, 0.25) is 0 Å². The Hall–Kier alpha value is -1.64. The molecule has 1 aliphatic carbocycles. The summed E-state index contributed by atoms with van der Waals surface area (Å²) in [6.45, 7) is 3.40. The van der Waals surface area contributed by atoms with Gasteiger partial charge in [0, 0.05) is 11.9 Å². The average Bonchev–Trinajstić information content (AvgIpc) is 2.46. The first-order valence-corrected chi connectivity index (χ1v) is 7.21. The Labute approximate surface area is 114 Å². The van der Waals surface area contributed by atoms with Crippen molar-refractivity contribution in [1.82, 2.24) is 9.97 Å². The maximum Gasteiger partial charge on any atom is 0.137 e. The molecule has 1 aliphatic rings. The van der Waals surface area contributed by atoms with Gasteiger partial charge in [0.25, 0.3) is 0 Å². The molecule has 0 unspecified atom stereocenters. The van der Waals surface area contributed by atoms with Gasteiger partial charge in [-0.1, -0.05) is 38.3 Å². The van der Waals surface area contributed by atoms with Crippen LogP contribution in [-0.2, 0) is 0 Å². The standard InChI is InChI=1S/C16H21N3/c1-16(9-5-2-6-10-16)11-17-15-13-7-3-4-8-14(13)18-12-19-15/h3-4,7-8,12H,2,5-6,9-11H2,1H3,(H,17,18,19). The molecular weight excluding hydrogens is 234 g/mol. The Kier molecular flexibility index (Phi) is 3.36. The summed E-state index contributed by atoms with van der Waals surface area (Å²) < 4.78 is 0. The monoisotopic (exact) mass is 255 g/mol. The van der Waals surface area contributed by atoms with Crippen molar-refractivity contribution in [3.05, 3.63) is 30.6 Å². The summed E-state index contributed by atoms with van der Waals surface area (Å²) in [5, 5.41) is 4.66. The molecular formula is C16H21N3. The van der Waals surface area contributed by atoms with Crippen molar-refractivity contribution in [2.75, 3.05) is 11.9 Å². The lowest BCUT2D eigenvalue weighted by Gasteiger charge is -2.33. The Morgan fingerprint density at radius 2 is 1.89 bits per heavy atom. The van der Waals surface area contributed by atoms with Gasteiger partial charge in [-0.2, -0.15) is 0 Å². The molecule has 0 aliphatic heterocycles. The third-order valence-electron chi connectivity index (χ3n) is 4.29. The second kappa shape index (κ2) is 5.16. The summed E-state index contributed by atoms with van der Waals surface area (Å²) in [6.07, 6.45) is 8.41. The molecule has 1 fully saturated rings. The second-order valence-corrected chi connectivity index (χ2v) is 5.96. The third kappa shape index (κ3) is 2.70. The molecule has 0 radical (unpaired) electrons. The predicted molar refractivity (Wildman–Crippen MR) is 79.2 cm³/mol. The minimum absolute atomic E-state index is 0.421. The smallest absolute Gasteiger partial charge is 0.137 e. The van der Waals surface area contributed by atoms with E-state index < -0.39 is 0 Å². The summed E-state index contributed by atoms with van der Waals surface area (Å²) in [5.74, 6) is 0.970. The van der Waals surface area contributed by atoms with Gasteiger partial charge in [0.2, 0.25) is 0 Å². The van der Waals surface area contributed by atoms with Crippen LogP contribution in [0, 0.1) is 5.41 Å². The van der Waals surface area contributed by atoms with Crippen molar-refractivity contribution in [2.45, 2.75) is 39.0 Å². The lowest BCUT2D eigenvalue weighted by Crippen LogP contribution is -2.29. The molecule has 3 nitrogen and oxygen atoms in total. The molecule has 1 N–H and O–H groups in total. The summed E-state index contributed by atoms with van der Waals surface area (Å²) in [5.41, 5.74) is 1.43. The molecule has 0 amide bonds. The third-order valence-corrected chi connectivity index (χ3v) is 4.29. The number of anilines is 1. The molecule has 1 aromatic heterocycles. The molecule has 0 saturated heterocycles. The number of nitrogens with zero attached hydrogens (tertiary/aromatic N) is 2. The maximum absolute atomic E-state index is 4.40. The SMILES string of the molecule is CC1(CNc2ncnc3ccccc23)CCCCC1. The average molecular weight is 255 g/mol. The number of nitrogens with one attached hydrogen (secondary N) is 1. The van der Waals surface area contributed by atoms with Crippen molar-refractivity contribution >= 4 is 16.7 Å². The maximum atomic E-state index is 4.40. The fourth-order valence-corrected chi connectivity index (χ4v) is 3.02. The Bertz CT molecular complexity index is 553. The van der Waals surface area contributed by atoms with E-state index in [1.807, 2.05) is 18.2 Å². The van der Waals surface area contributed by atoms with Crippen LogP contribution in [0.25, 0.3) is 10.9 Å². The van der Waals surface area contributed by atoms with Gasteiger partial charge in [0.1, 0.15) is 12.1 Å². The molecule has 3 rings (SSSR count). The second-order valence-electron chi connectivity index (χ2n) is 5.96. The topological polar surface area (TPSA) is 37.8 Å². The number of benzene rings is 1. The van der Waals surface area contributed by atoms with Gasteiger partial charge in [-0.25, -0.2) is 9.97 Å². The Morgan fingerprint density at radius 1 is 1.11 bits per heavy atom. The van der Waals surface area contributed by atoms with Gasteiger partial charge in [-0.3, -0.25) is 0 Å². The van der Waals surface area contributed by atoms with E-state index in [2.05, 4.69) is 28.3 Å². The largest absolute Gasteiger partial charge is 0.369 e. The molecule has 0 bridgehead atoms. The number of hydrogen-bond acceptors (Lipinski definition) is 3. The summed E-state index contributed by atoms with van der Waals surface area (Å²) in [7, 11) is 0. The number of hydrogen-bond donors (Lipinski definition) is 1. The van der Waals surface area contributed by atoms with E-state index >= 15 is 0 Å². The van der Waals surface area contributed by atoms with Crippen LogP contribution in [0.4, 0.5) is 5.82 Å². The number of para-hydroxylation sites is 1. The predicted octanol–water partition coefficient (Wildman–Crippen LogP) is 4.01. The Balaban J connectivity index is 1.78. The van der Waals surface area contributed by atoms with Crippen molar-refractivity contribution in [3.63, 3.8) is 0 Å². The summed E-state index contributed by atoms with van der Waals surface area (Å²) in [6, 6.07) is 8.17. The molecule has 1 aromatic carbocycles. The van der Waals surface area contributed by atoms with E-state index in [1.165, 1.54) is 32.1 Å². The van der Waals surface area contributed by atoms with Crippen LogP contribution in [-0.4, -0.2) is 16.5 Å². The normalized spacial score (nSPS) is 18.4. The van der Waals surface area contributed by atoms with Gasteiger partial charge in [-0.15, -0.1) is 0 Å². The van der Waals surface area contributed by atoms with Gasteiger partial charge >= 0.3 is 0 Å². The van der Waals surface area contributed by atoms with E-state index in [1.54, 1.807) is 6.33 Å². The molecule has 19 heavy (non-hydrogen) atoms. The van der Waals surface area contributed by atoms with Crippen LogP contribution in [0.1, 0.15) is 39.0 Å². The lowest BCUT2D eigenvalue weighted by molar-refractivity contribution is 0.233. The van der Waals surface area contributed by atoms with Crippen LogP contribution < -0.4 is 5.32 Å². The van der Waals surface area contributed by atoms with Crippen LogP contribution >= 0.6 is 0 Å². The van der Waals surface area contributed by atoms with Crippen molar-refractivity contribution in [3.8, 4) is 0 Å². The van der Waals surface area contributed by atoms with Gasteiger partial charge in [-0.05, 0) is 30.4 Å². The minimum atomic E-state index is 0.421. The van der Waals surface area contributed by atoms with Gasteiger partial charge in [0.15, 0.2) is 0 Å². The van der Waals surface area contributed by atoms with Gasteiger partial charge in [0.05, 0.1) is 5.52 Å². The highest BCUT2D eigenvalue weighted by Gasteiger charge is 2.26. The van der Waals surface area contributed by atoms with Crippen LogP contribution in [0.5, 0.6) is 0 Å². The molecule has 0 spiro atoms. The minimum Gasteiger partial charge on any atom is -0.369 e. The lowest BCUT2D eigenvalue weighted by atomic mass is 9.76. The molecule has 100 valence electrons. The van der Waals surface area contributed by atoms with E-state index in [-0.39, 0.29) is 0 Å². The van der Waals surface area contributed by atoms with Crippen LogP contribution in [0.3, 0.4) is 0 Å². The van der Waals surface area contributed by atoms with Gasteiger partial charge < -0.3 is 5.32 Å². The first-order valence-electron chi connectivity index (χ1n) is 7.21. The highest BCUT2D eigenvalue weighted by atomic mass is 15.0. The summed E-state index contributed by atoms with van der Waals surface area (Å²) in [4.78, 5) is 8.70. The number of fused-ring (bicyclic) bond motifs is 1. The molecule has 3 heteroatoms. The van der Waals surface area contributed by atoms with E-state index in [4.69, 9.17) is 0 Å². The van der Waals surface area contributed by atoms with Crippen molar-refractivity contribution in [1.29, 1.82) is 0 Å². The van der Waals surface area contributed by atoms with Crippen LogP contribution in [0.15, 0.2) is 30.6 Å². The highest BCUT2D eigenvalue weighted by molar-refractivity contribution is 5.88. The van der Waals surface area contributed by atoms with E-state index in [0.717, 1.165) is 23.3 Å². The first kappa shape index (κ1) is 12.4. The number of aromatic nitrogens is 2. The fraction of sp³-hybridized carbons (Fsp3) is 0.500. The quantitative estimate of drug-likeness (QED) is 0.900. The zero-order chi connectivity index (χ0) is 13.1. The summed E-state index contributed by atoms with van der Waals surface area (Å²) >= 11 is 0. The zero-order valence-corrected chi connectivity index (χ0v) is 11.5. The first-order chi connectivity index (χ1) is 9.27. The van der Waals surface area contributed by atoms with E-state index in [9.17, 15) is 0 Å².